The number of fused-ring (bicyclic) bond motifs is 1. The molecule has 8 nitrogen and oxygen atoms in total. The molecule has 158 valence electrons. The van der Waals surface area contributed by atoms with Crippen LogP contribution in [0.25, 0.3) is 0 Å². The average molecular weight is 409 g/mol. The fourth-order valence-electron chi connectivity index (χ4n) is 4.39. The number of aromatic nitrogens is 2. The number of carbonyl (C=O) groups is 2. The largest absolute Gasteiger partial charge is 0.342 e. The van der Waals surface area contributed by atoms with E-state index in [9.17, 15) is 14.4 Å². The van der Waals surface area contributed by atoms with Crippen molar-refractivity contribution in [3.63, 3.8) is 0 Å². The number of piperidine rings is 1. The van der Waals surface area contributed by atoms with Gasteiger partial charge < -0.3 is 15.5 Å². The third-order valence-corrected chi connectivity index (χ3v) is 5.70. The van der Waals surface area contributed by atoms with Gasteiger partial charge >= 0.3 is 0 Å². The molecule has 2 aliphatic rings. The highest BCUT2D eigenvalue weighted by Gasteiger charge is 2.35. The molecule has 0 bridgehead atoms. The second-order valence-corrected chi connectivity index (χ2v) is 8.52. The first-order chi connectivity index (χ1) is 14.3. The molecule has 8 heteroatoms. The second-order valence-electron chi connectivity index (χ2n) is 8.52. The summed E-state index contributed by atoms with van der Waals surface area (Å²) in [6, 6.07) is 5.73. The molecular weight excluding hydrogens is 382 g/mol. The van der Waals surface area contributed by atoms with Gasteiger partial charge in [0.1, 0.15) is 5.82 Å². The van der Waals surface area contributed by atoms with Crippen LogP contribution in [0.1, 0.15) is 48.8 Å². The standard InChI is InChI=1S/C22H27N5O3/c1-12-5-4-6-27(11-12)22-25-19-18(21(30)26-22)16(10-17(28)24-19)20(29)23-15-8-13(2)7-14(3)9-15/h7-9,12,16H,4-6,10-11H2,1-3H3,(H,23,29)(H2,24,25,26,28,30)/t12-,16-/m1/s1. The minimum Gasteiger partial charge on any atom is -0.342 e. The van der Waals surface area contributed by atoms with E-state index in [0.717, 1.165) is 37.1 Å². The summed E-state index contributed by atoms with van der Waals surface area (Å²) in [5.74, 6) is -0.460. The molecule has 3 N–H and O–H groups in total. The Morgan fingerprint density at radius 2 is 1.93 bits per heavy atom. The Hall–Kier alpha value is -3.16. The van der Waals surface area contributed by atoms with Gasteiger partial charge in [-0.05, 0) is 55.9 Å². The fraction of sp³-hybridized carbons (Fsp3) is 0.455. The zero-order valence-electron chi connectivity index (χ0n) is 17.5. The number of hydrogen-bond acceptors (Lipinski definition) is 5. The van der Waals surface area contributed by atoms with Crippen LogP contribution in [0.3, 0.4) is 0 Å². The van der Waals surface area contributed by atoms with Crippen LogP contribution in [0.2, 0.25) is 0 Å². The highest BCUT2D eigenvalue weighted by Crippen LogP contribution is 2.31. The number of nitrogens with one attached hydrogen (secondary N) is 3. The van der Waals surface area contributed by atoms with Gasteiger partial charge in [0.15, 0.2) is 0 Å². The number of hydrogen-bond donors (Lipinski definition) is 3. The molecule has 1 aromatic heterocycles. The van der Waals surface area contributed by atoms with Crippen LogP contribution in [-0.2, 0) is 9.59 Å². The molecule has 0 aliphatic carbocycles. The molecule has 2 aromatic rings. The maximum Gasteiger partial charge on any atom is 0.258 e. The molecule has 1 aromatic carbocycles. The van der Waals surface area contributed by atoms with Crippen molar-refractivity contribution in [2.75, 3.05) is 28.6 Å². The molecule has 2 aliphatic heterocycles. The fourth-order valence-corrected chi connectivity index (χ4v) is 4.39. The first-order valence-electron chi connectivity index (χ1n) is 10.4. The van der Waals surface area contributed by atoms with Crippen molar-refractivity contribution in [3.8, 4) is 0 Å². The van der Waals surface area contributed by atoms with Gasteiger partial charge in [-0.15, -0.1) is 0 Å². The normalized spacial score (nSPS) is 21.0. The highest BCUT2D eigenvalue weighted by molar-refractivity contribution is 6.04. The molecule has 1 fully saturated rings. The number of anilines is 3. The van der Waals surface area contributed by atoms with E-state index < -0.39 is 5.92 Å². The van der Waals surface area contributed by atoms with Crippen LogP contribution in [0.4, 0.5) is 17.5 Å². The summed E-state index contributed by atoms with van der Waals surface area (Å²) in [4.78, 5) is 47.6. The Bertz CT molecular complexity index is 1040. The van der Waals surface area contributed by atoms with E-state index in [1.54, 1.807) is 0 Å². The summed E-state index contributed by atoms with van der Waals surface area (Å²) in [6.45, 7) is 7.66. The summed E-state index contributed by atoms with van der Waals surface area (Å²) in [5.41, 5.74) is 2.52. The van der Waals surface area contributed by atoms with Crippen molar-refractivity contribution in [1.29, 1.82) is 0 Å². The summed E-state index contributed by atoms with van der Waals surface area (Å²) < 4.78 is 0. The molecule has 0 spiro atoms. The number of carbonyl (C=O) groups excluding carboxylic acids is 2. The summed E-state index contributed by atoms with van der Waals surface area (Å²) in [5, 5.41) is 5.54. The Kier molecular flexibility index (Phi) is 5.32. The van der Waals surface area contributed by atoms with Gasteiger partial charge in [-0.2, -0.15) is 4.98 Å². The van der Waals surface area contributed by atoms with Crippen molar-refractivity contribution >= 4 is 29.3 Å². The molecule has 2 amide bonds. The predicted molar refractivity (Wildman–Crippen MR) is 116 cm³/mol. The maximum absolute atomic E-state index is 13.0. The molecule has 0 radical (unpaired) electrons. The molecule has 3 heterocycles. The second kappa shape index (κ2) is 7.93. The van der Waals surface area contributed by atoms with E-state index in [2.05, 4.69) is 27.5 Å². The first-order valence-corrected chi connectivity index (χ1v) is 10.4. The molecule has 0 saturated carbocycles. The van der Waals surface area contributed by atoms with Crippen molar-refractivity contribution in [2.45, 2.75) is 46.0 Å². The van der Waals surface area contributed by atoms with Gasteiger partial charge in [0.25, 0.3) is 5.56 Å². The third-order valence-electron chi connectivity index (χ3n) is 5.70. The SMILES string of the molecule is Cc1cc(C)cc(NC(=O)[C@@H]2CC(=O)Nc3nc(N4CCC[C@@H](C)C4)[nH]c(=O)c32)c1. The predicted octanol–water partition coefficient (Wildman–Crippen LogP) is 2.69. The van der Waals surface area contributed by atoms with E-state index in [1.165, 1.54) is 0 Å². The lowest BCUT2D eigenvalue weighted by molar-refractivity contribution is -0.123. The van der Waals surface area contributed by atoms with Crippen LogP contribution < -0.4 is 21.1 Å². The zero-order chi connectivity index (χ0) is 21.4. The van der Waals surface area contributed by atoms with Gasteiger partial charge in [-0.3, -0.25) is 19.4 Å². The lowest BCUT2D eigenvalue weighted by Crippen LogP contribution is -2.40. The Balaban J connectivity index is 1.65. The van der Waals surface area contributed by atoms with Gasteiger partial charge in [0.2, 0.25) is 17.8 Å². The maximum atomic E-state index is 13.0. The van der Waals surface area contributed by atoms with Crippen LogP contribution in [0, 0.1) is 19.8 Å². The van der Waals surface area contributed by atoms with E-state index in [0.29, 0.717) is 17.6 Å². The summed E-state index contributed by atoms with van der Waals surface area (Å²) in [6.07, 6.45) is 2.08. The smallest absolute Gasteiger partial charge is 0.258 e. The van der Waals surface area contributed by atoms with Crippen LogP contribution in [0.5, 0.6) is 0 Å². The van der Waals surface area contributed by atoms with E-state index in [-0.39, 0.29) is 35.2 Å². The minimum absolute atomic E-state index is 0.0888. The van der Waals surface area contributed by atoms with Gasteiger partial charge in [0.05, 0.1) is 11.5 Å². The monoisotopic (exact) mass is 409 g/mol. The molecular formula is C22H27N5O3. The highest BCUT2D eigenvalue weighted by atomic mass is 16.2. The lowest BCUT2D eigenvalue weighted by atomic mass is 9.92. The quantitative estimate of drug-likeness (QED) is 0.723. The summed E-state index contributed by atoms with van der Waals surface area (Å²) in [7, 11) is 0. The van der Waals surface area contributed by atoms with Gasteiger partial charge in [0, 0.05) is 25.2 Å². The van der Waals surface area contributed by atoms with Crippen LogP contribution >= 0.6 is 0 Å². The third kappa shape index (κ3) is 4.08. The zero-order valence-corrected chi connectivity index (χ0v) is 17.5. The number of rotatable bonds is 3. The van der Waals surface area contributed by atoms with Gasteiger partial charge in [-0.25, -0.2) is 0 Å². The lowest BCUT2D eigenvalue weighted by Gasteiger charge is -2.32. The number of aromatic amines is 1. The van der Waals surface area contributed by atoms with Crippen LogP contribution in [0.15, 0.2) is 23.0 Å². The van der Waals surface area contributed by atoms with Crippen molar-refractivity contribution in [1.82, 2.24) is 9.97 Å². The number of H-pyrrole nitrogens is 1. The van der Waals surface area contributed by atoms with Crippen molar-refractivity contribution in [3.05, 3.63) is 45.2 Å². The van der Waals surface area contributed by atoms with Crippen LogP contribution in [-0.4, -0.2) is 34.9 Å². The number of benzene rings is 1. The number of amides is 2. The van der Waals surface area contributed by atoms with Gasteiger partial charge in [-0.1, -0.05) is 13.0 Å². The number of nitrogens with zero attached hydrogens (tertiary/aromatic N) is 2. The minimum atomic E-state index is -0.889. The Morgan fingerprint density at radius 3 is 2.63 bits per heavy atom. The van der Waals surface area contributed by atoms with E-state index >= 15 is 0 Å². The first kappa shape index (κ1) is 20.1. The molecule has 4 rings (SSSR count). The molecule has 30 heavy (non-hydrogen) atoms. The van der Waals surface area contributed by atoms with Crippen molar-refractivity contribution in [2.24, 2.45) is 5.92 Å². The van der Waals surface area contributed by atoms with Crippen molar-refractivity contribution < 1.29 is 9.59 Å². The van der Waals surface area contributed by atoms with E-state index in [4.69, 9.17) is 0 Å². The number of aryl methyl sites for hydroxylation is 2. The van der Waals surface area contributed by atoms with E-state index in [1.807, 2.05) is 36.9 Å². The topological polar surface area (TPSA) is 107 Å². The molecule has 1 saturated heterocycles. The molecule has 0 unspecified atom stereocenters. The Labute approximate surface area is 175 Å². The Morgan fingerprint density at radius 1 is 1.20 bits per heavy atom. The molecule has 2 atom stereocenters. The summed E-state index contributed by atoms with van der Waals surface area (Å²) >= 11 is 0. The average Bonchev–Trinajstić information content (AvgIpc) is 2.66.